The molecule has 0 saturated carbocycles. The third kappa shape index (κ3) is 6.95. The highest BCUT2D eigenvalue weighted by molar-refractivity contribution is 14.1. The van der Waals surface area contributed by atoms with Crippen LogP contribution in [0.2, 0.25) is 6.04 Å². The lowest BCUT2D eigenvalue weighted by Crippen LogP contribution is -1.88. The summed E-state index contributed by atoms with van der Waals surface area (Å²) in [6.45, 7) is 2.27. The largest absolute Gasteiger partial charge is 0.0904 e. The van der Waals surface area contributed by atoms with E-state index in [1.807, 2.05) is 0 Å². The third-order valence-electron chi connectivity index (χ3n) is 0.987. The van der Waals surface area contributed by atoms with Gasteiger partial charge in [-0.25, -0.2) is 0 Å². The van der Waals surface area contributed by atoms with Crippen LogP contribution in [0.4, 0.5) is 0 Å². The zero-order valence-electron chi connectivity index (χ0n) is 4.91. The molecule has 7 heavy (non-hydrogen) atoms. The van der Waals surface area contributed by atoms with Crippen molar-refractivity contribution in [1.82, 2.24) is 0 Å². The standard InChI is InChI=1S/C5H13ISi/c1-2-3-4-7-5-6/h2-5,7H2,1H3. The summed E-state index contributed by atoms with van der Waals surface area (Å²) < 4.78 is 1.47. The minimum atomic E-state index is 0.397. The van der Waals surface area contributed by atoms with Gasteiger partial charge in [0, 0.05) is 9.52 Å². The number of unbranched alkanes of at least 4 members (excludes halogenated alkanes) is 1. The lowest BCUT2D eigenvalue weighted by Gasteiger charge is -1.88. The van der Waals surface area contributed by atoms with E-state index >= 15 is 0 Å². The van der Waals surface area contributed by atoms with E-state index in [2.05, 4.69) is 29.5 Å². The molecular formula is C5H13ISi. The second-order valence-corrected chi connectivity index (χ2v) is 6.78. The van der Waals surface area contributed by atoms with Crippen molar-refractivity contribution in [2.24, 2.45) is 0 Å². The second kappa shape index (κ2) is 6.95. The van der Waals surface area contributed by atoms with Gasteiger partial charge in [0.05, 0.1) is 0 Å². The van der Waals surface area contributed by atoms with Crippen LogP contribution in [0.15, 0.2) is 0 Å². The van der Waals surface area contributed by atoms with Crippen LogP contribution in [0, 0.1) is 0 Å². The predicted molar refractivity (Wildman–Crippen MR) is 47.1 cm³/mol. The Hall–Kier alpha value is 0.947. The number of halogens is 1. The van der Waals surface area contributed by atoms with Crippen molar-refractivity contribution in [2.45, 2.75) is 25.8 Å². The third-order valence-corrected chi connectivity index (χ3v) is 4.54. The van der Waals surface area contributed by atoms with Gasteiger partial charge < -0.3 is 0 Å². The highest BCUT2D eigenvalue weighted by Crippen LogP contribution is 1.93. The van der Waals surface area contributed by atoms with E-state index < -0.39 is 0 Å². The Labute approximate surface area is 62.0 Å². The molecule has 0 fully saturated rings. The summed E-state index contributed by atoms with van der Waals surface area (Å²) in [7, 11) is 0.397. The van der Waals surface area contributed by atoms with Crippen molar-refractivity contribution >= 4 is 32.1 Å². The molecule has 0 aromatic rings. The molecule has 2 heteroatoms. The van der Waals surface area contributed by atoms with E-state index in [0.717, 1.165) is 0 Å². The van der Waals surface area contributed by atoms with Crippen LogP contribution in [0.5, 0.6) is 0 Å². The normalized spacial score (nSPS) is 11.1. The topological polar surface area (TPSA) is 0 Å². The molecule has 0 aromatic heterocycles. The second-order valence-electron chi connectivity index (χ2n) is 1.75. The van der Waals surface area contributed by atoms with Crippen LogP contribution in [0.3, 0.4) is 0 Å². The molecule has 0 aliphatic heterocycles. The van der Waals surface area contributed by atoms with Crippen molar-refractivity contribution in [3.63, 3.8) is 0 Å². The highest BCUT2D eigenvalue weighted by atomic mass is 127. The van der Waals surface area contributed by atoms with Crippen LogP contribution in [-0.2, 0) is 0 Å². The van der Waals surface area contributed by atoms with Gasteiger partial charge in [-0.15, -0.1) is 0 Å². The predicted octanol–water partition coefficient (Wildman–Crippen LogP) is 1.77. The molecule has 0 saturated heterocycles. The molecule has 0 rings (SSSR count). The molecular weight excluding hydrogens is 215 g/mol. The zero-order valence-corrected chi connectivity index (χ0v) is 8.49. The van der Waals surface area contributed by atoms with E-state index in [-0.39, 0.29) is 0 Å². The average molecular weight is 228 g/mol. The molecule has 0 N–H and O–H groups in total. The Morgan fingerprint density at radius 2 is 2.29 bits per heavy atom. The number of rotatable bonds is 4. The molecule has 0 aliphatic carbocycles. The lowest BCUT2D eigenvalue weighted by atomic mass is 10.4. The van der Waals surface area contributed by atoms with Gasteiger partial charge in [0.15, 0.2) is 0 Å². The van der Waals surface area contributed by atoms with Crippen molar-refractivity contribution in [1.29, 1.82) is 0 Å². The summed E-state index contributed by atoms with van der Waals surface area (Å²) in [4.78, 5) is 0. The summed E-state index contributed by atoms with van der Waals surface area (Å²) in [5.74, 6) is 0. The first kappa shape index (κ1) is 7.95. The van der Waals surface area contributed by atoms with Crippen LogP contribution >= 0.6 is 22.6 Å². The molecule has 0 bridgehead atoms. The number of hydrogen-bond acceptors (Lipinski definition) is 0. The fourth-order valence-electron chi connectivity index (χ4n) is 0.521. The monoisotopic (exact) mass is 228 g/mol. The molecule has 0 atom stereocenters. The highest BCUT2D eigenvalue weighted by Gasteiger charge is 1.82. The molecule has 0 spiro atoms. The number of hydrogen-bond donors (Lipinski definition) is 0. The van der Waals surface area contributed by atoms with E-state index in [1.165, 1.54) is 16.9 Å². The maximum absolute atomic E-state index is 2.49. The molecule has 0 unspecified atom stereocenters. The van der Waals surface area contributed by atoms with Gasteiger partial charge in [0.25, 0.3) is 0 Å². The Morgan fingerprint density at radius 1 is 1.57 bits per heavy atom. The Morgan fingerprint density at radius 3 is 2.71 bits per heavy atom. The lowest BCUT2D eigenvalue weighted by molar-refractivity contribution is 0.880. The number of alkyl halides is 1. The Kier molecular flexibility index (Phi) is 7.89. The summed E-state index contributed by atoms with van der Waals surface area (Å²) in [5, 5.41) is 0. The van der Waals surface area contributed by atoms with Crippen LogP contribution in [0.1, 0.15) is 19.8 Å². The smallest absolute Gasteiger partial charge is 0.0315 e. The first-order chi connectivity index (χ1) is 3.41. The Bertz CT molecular complexity index is 27.3. The minimum Gasteiger partial charge on any atom is -0.0904 e. The average Bonchev–Trinajstić information content (AvgIpc) is 1.69. The van der Waals surface area contributed by atoms with Crippen molar-refractivity contribution < 1.29 is 0 Å². The maximum Gasteiger partial charge on any atom is 0.0315 e. The molecule has 0 aliphatic rings. The van der Waals surface area contributed by atoms with Gasteiger partial charge >= 0.3 is 0 Å². The summed E-state index contributed by atoms with van der Waals surface area (Å²) in [6, 6.07) is 1.57. The van der Waals surface area contributed by atoms with Gasteiger partial charge in [-0.2, -0.15) is 0 Å². The van der Waals surface area contributed by atoms with E-state index in [9.17, 15) is 0 Å². The summed E-state index contributed by atoms with van der Waals surface area (Å²) in [6.07, 6.45) is 2.87. The van der Waals surface area contributed by atoms with Gasteiger partial charge in [-0.3, -0.25) is 0 Å². The van der Waals surface area contributed by atoms with Gasteiger partial charge in [-0.1, -0.05) is 48.4 Å². The quantitative estimate of drug-likeness (QED) is 0.298. The summed E-state index contributed by atoms with van der Waals surface area (Å²) in [5.41, 5.74) is 0. The fourth-order valence-corrected chi connectivity index (χ4v) is 3.18. The van der Waals surface area contributed by atoms with Crippen molar-refractivity contribution in [3.05, 3.63) is 0 Å². The zero-order chi connectivity index (χ0) is 5.54. The van der Waals surface area contributed by atoms with Crippen LogP contribution in [0.25, 0.3) is 0 Å². The van der Waals surface area contributed by atoms with Crippen molar-refractivity contribution in [3.8, 4) is 0 Å². The molecule has 44 valence electrons. The van der Waals surface area contributed by atoms with Crippen molar-refractivity contribution in [2.75, 3.05) is 4.05 Å². The SMILES string of the molecule is CCCC[SiH2]CI. The van der Waals surface area contributed by atoms with Crippen LogP contribution < -0.4 is 0 Å². The maximum atomic E-state index is 2.49. The minimum absolute atomic E-state index is 0.397. The van der Waals surface area contributed by atoms with E-state index in [0.29, 0.717) is 9.52 Å². The molecule has 0 radical (unpaired) electrons. The van der Waals surface area contributed by atoms with E-state index in [4.69, 9.17) is 0 Å². The van der Waals surface area contributed by atoms with Gasteiger partial charge in [-0.05, 0) is 4.05 Å². The van der Waals surface area contributed by atoms with E-state index in [1.54, 1.807) is 6.04 Å². The molecule has 0 heterocycles. The summed E-state index contributed by atoms with van der Waals surface area (Å²) >= 11 is 2.49. The van der Waals surface area contributed by atoms with Gasteiger partial charge in [0.2, 0.25) is 0 Å². The van der Waals surface area contributed by atoms with Crippen LogP contribution in [-0.4, -0.2) is 13.6 Å². The van der Waals surface area contributed by atoms with Gasteiger partial charge in [0.1, 0.15) is 0 Å². The molecule has 0 nitrogen and oxygen atoms in total. The Balaban J connectivity index is 2.45. The first-order valence-corrected chi connectivity index (χ1v) is 6.50. The fraction of sp³-hybridized carbons (Fsp3) is 1.00. The first-order valence-electron chi connectivity index (χ1n) is 2.97. The molecule has 0 amide bonds. The molecule has 0 aromatic carbocycles.